The lowest BCUT2D eigenvalue weighted by atomic mass is 10.1. The van der Waals surface area contributed by atoms with E-state index in [0.717, 1.165) is 24.2 Å². The van der Waals surface area contributed by atoms with Gasteiger partial charge in [-0.25, -0.2) is 0 Å². The second-order valence-corrected chi connectivity index (χ2v) is 7.39. The van der Waals surface area contributed by atoms with Crippen LogP contribution in [0.2, 0.25) is 0 Å². The van der Waals surface area contributed by atoms with E-state index in [-0.39, 0.29) is 43.0 Å². The van der Waals surface area contributed by atoms with Crippen LogP contribution in [0.4, 0.5) is 5.69 Å². The van der Waals surface area contributed by atoms with Gasteiger partial charge in [-0.15, -0.1) is 12.4 Å². The van der Waals surface area contributed by atoms with E-state index in [4.69, 9.17) is 4.74 Å². The topological polar surface area (TPSA) is 117 Å². The summed E-state index contributed by atoms with van der Waals surface area (Å²) in [5.41, 5.74) is 2.82. The molecule has 0 aliphatic carbocycles. The van der Waals surface area contributed by atoms with Crippen LogP contribution in [0.3, 0.4) is 0 Å². The number of halogens is 1. The van der Waals surface area contributed by atoms with Crippen LogP contribution in [0.1, 0.15) is 35.6 Å². The molecule has 0 spiro atoms. The standard InChI is InChI=1S/C18H25N7O3.ClH/c1-11-7-24(8-12(2)28-11)16(26)10-25-9-13(5-20-25)21-18(27)17-14-6-19-4-3-15(14)22-23-17;/h5,9,11-12,19H,3-4,6-8,10H2,1-2H3,(H,21,27)(H,22,23);1H. The minimum atomic E-state index is -0.289. The third-order valence-electron chi connectivity index (χ3n) is 4.98. The number of ether oxygens (including phenoxy) is 1. The minimum absolute atomic E-state index is 0. The van der Waals surface area contributed by atoms with Gasteiger partial charge in [-0.2, -0.15) is 10.2 Å². The summed E-state index contributed by atoms with van der Waals surface area (Å²) >= 11 is 0. The van der Waals surface area contributed by atoms with Gasteiger partial charge in [0, 0.05) is 50.1 Å². The zero-order chi connectivity index (χ0) is 19.7. The van der Waals surface area contributed by atoms with Crippen molar-refractivity contribution in [2.24, 2.45) is 0 Å². The second kappa shape index (κ2) is 8.93. The van der Waals surface area contributed by atoms with Crippen molar-refractivity contribution in [3.05, 3.63) is 29.3 Å². The van der Waals surface area contributed by atoms with Crippen LogP contribution in [0, 0.1) is 0 Å². The Balaban J connectivity index is 0.00000240. The molecule has 1 fully saturated rings. The van der Waals surface area contributed by atoms with E-state index in [0.29, 0.717) is 31.0 Å². The molecular formula is C18H26ClN7O3. The molecule has 158 valence electrons. The van der Waals surface area contributed by atoms with Gasteiger partial charge < -0.3 is 20.3 Å². The third kappa shape index (κ3) is 4.77. The molecule has 2 aromatic rings. The average molecular weight is 424 g/mol. The van der Waals surface area contributed by atoms with Gasteiger partial charge in [0.25, 0.3) is 5.91 Å². The summed E-state index contributed by atoms with van der Waals surface area (Å²) in [6, 6.07) is 0. The van der Waals surface area contributed by atoms with Crippen LogP contribution in [0.5, 0.6) is 0 Å². The summed E-state index contributed by atoms with van der Waals surface area (Å²) in [7, 11) is 0. The van der Waals surface area contributed by atoms with Gasteiger partial charge >= 0.3 is 0 Å². The first-order valence-corrected chi connectivity index (χ1v) is 9.53. The number of aromatic amines is 1. The quantitative estimate of drug-likeness (QED) is 0.661. The molecule has 3 N–H and O–H groups in total. The SMILES string of the molecule is CC1CN(C(=O)Cn2cc(NC(=O)c3n[nH]c4c3CNCC4)cn2)CC(C)O1.Cl. The average Bonchev–Trinajstić information content (AvgIpc) is 3.27. The first kappa shape index (κ1) is 21.3. The summed E-state index contributed by atoms with van der Waals surface area (Å²) < 4.78 is 7.19. The van der Waals surface area contributed by atoms with Crippen molar-refractivity contribution in [2.45, 2.75) is 45.6 Å². The highest BCUT2D eigenvalue weighted by atomic mass is 35.5. The Morgan fingerprint density at radius 1 is 1.31 bits per heavy atom. The molecule has 4 heterocycles. The van der Waals surface area contributed by atoms with E-state index in [1.54, 1.807) is 11.1 Å². The first-order valence-electron chi connectivity index (χ1n) is 9.53. The number of amides is 2. The van der Waals surface area contributed by atoms with Gasteiger partial charge in [0.05, 0.1) is 24.1 Å². The van der Waals surface area contributed by atoms with Crippen molar-refractivity contribution < 1.29 is 14.3 Å². The van der Waals surface area contributed by atoms with Gasteiger partial charge in [-0.1, -0.05) is 0 Å². The van der Waals surface area contributed by atoms with E-state index in [1.807, 2.05) is 13.8 Å². The van der Waals surface area contributed by atoms with E-state index < -0.39 is 0 Å². The second-order valence-electron chi connectivity index (χ2n) is 7.39. The highest BCUT2D eigenvalue weighted by Crippen LogP contribution is 2.17. The number of morpholine rings is 1. The maximum Gasteiger partial charge on any atom is 0.276 e. The van der Waals surface area contributed by atoms with Crippen LogP contribution >= 0.6 is 12.4 Å². The minimum Gasteiger partial charge on any atom is -0.372 e. The predicted octanol–water partition coefficient (Wildman–Crippen LogP) is 0.562. The maximum absolute atomic E-state index is 12.6. The fourth-order valence-corrected chi connectivity index (χ4v) is 3.74. The van der Waals surface area contributed by atoms with Crippen molar-refractivity contribution in [2.75, 3.05) is 25.0 Å². The van der Waals surface area contributed by atoms with Crippen molar-refractivity contribution in [1.29, 1.82) is 0 Å². The first-order chi connectivity index (χ1) is 13.5. The number of nitrogens with zero attached hydrogens (tertiary/aromatic N) is 4. The molecule has 2 amide bonds. The number of fused-ring (bicyclic) bond motifs is 1. The van der Waals surface area contributed by atoms with Crippen molar-refractivity contribution in [3.8, 4) is 0 Å². The lowest BCUT2D eigenvalue weighted by Gasteiger charge is -2.35. The number of H-pyrrole nitrogens is 1. The Morgan fingerprint density at radius 3 is 2.83 bits per heavy atom. The summed E-state index contributed by atoms with van der Waals surface area (Å²) in [6.45, 7) is 6.69. The number of rotatable bonds is 4. The molecule has 2 unspecified atom stereocenters. The number of aromatic nitrogens is 4. The number of hydrogen-bond donors (Lipinski definition) is 3. The molecule has 2 atom stereocenters. The molecule has 0 radical (unpaired) electrons. The maximum atomic E-state index is 12.6. The van der Waals surface area contributed by atoms with Crippen LogP contribution < -0.4 is 10.6 Å². The molecule has 1 saturated heterocycles. The largest absolute Gasteiger partial charge is 0.372 e. The van der Waals surface area contributed by atoms with E-state index in [1.165, 1.54) is 10.9 Å². The molecule has 0 saturated carbocycles. The molecule has 2 aliphatic rings. The number of hydrogen-bond acceptors (Lipinski definition) is 6. The molecule has 2 aliphatic heterocycles. The Labute approximate surface area is 174 Å². The monoisotopic (exact) mass is 423 g/mol. The van der Waals surface area contributed by atoms with Gasteiger partial charge in [-0.3, -0.25) is 19.4 Å². The van der Waals surface area contributed by atoms with Crippen LogP contribution in [0.25, 0.3) is 0 Å². The molecule has 0 aromatic carbocycles. The van der Waals surface area contributed by atoms with E-state index in [9.17, 15) is 9.59 Å². The van der Waals surface area contributed by atoms with Gasteiger partial charge in [0.2, 0.25) is 5.91 Å². The van der Waals surface area contributed by atoms with Crippen LogP contribution in [0.15, 0.2) is 12.4 Å². The summed E-state index contributed by atoms with van der Waals surface area (Å²) in [4.78, 5) is 26.9. The van der Waals surface area contributed by atoms with Gasteiger partial charge in [0.1, 0.15) is 6.54 Å². The van der Waals surface area contributed by atoms with Gasteiger partial charge in [0.15, 0.2) is 5.69 Å². The Hall–Kier alpha value is -2.43. The lowest BCUT2D eigenvalue weighted by Crippen LogP contribution is -2.49. The van der Waals surface area contributed by atoms with E-state index in [2.05, 4.69) is 25.9 Å². The highest BCUT2D eigenvalue weighted by Gasteiger charge is 2.26. The normalized spacial score (nSPS) is 21.2. The Bertz CT molecular complexity index is 871. The third-order valence-corrected chi connectivity index (χ3v) is 4.98. The molecular weight excluding hydrogens is 398 g/mol. The number of nitrogens with one attached hydrogen (secondary N) is 3. The zero-order valence-corrected chi connectivity index (χ0v) is 17.3. The lowest BCUT2D eigenvalue weighted by molar-refractivity contribution is -0.144. The summed E-state index contributed by atoms with van der Waals surface area (Å²) in [6.07, 6.45) is 4.06. The molecule has 4 rings (SSSR count). The molecule has 10 nitrogen and oxygen atoms in total. The number of carbonyl (C=O) groups is 2. The van der Waals surface area contributed by atoms with Gasteiger partial charge in [-0.05, 0) is 13.8 Å². The molecule has 0 bridgehead atoms. The predicted molar refractivity (Wildman–Crippen MR) is 108 cm³/mol. The van der Waals surface area contributed by atoms with Crippen LogP contribution in [-0.4, -0.2) is 68.5 Å². The summed E-state index contributed by atoms with van der Waals surface area (Å²) in [5, 5.41) is 17.3. The highest BCUT2D eigenvalue weighted by molar-refractivity contribution is 6.03. The van der Waals surface area contributed by atoms with Crippen molar-refractivity contribution >= 4 is 29.9 Å². The Morgan fingerprint density at radius 2 is 2.07 bits per heavy atom. The fourth-order valence-electron chi connectivity index (χ4n) is 3.74. The van der Waals surface area contributed by atoms with Crippen molar-refractivity contribution in [3.63, 3.8) is 0 Å². The van der Waals surface area contributed by atoms with E-state index >= 15 is 0 Å². The molecule has 2 aromatic heterocycles. The smallest absolute Gasteiger partial charge is 0.276 e. The number of anilines is 1. The zero-order valence-electron chi connectivity index (χ0n) is 16.5. The Kier molecular flexibility index (Phi) is 6.56. The van der Waals surface area contributed by atoms with Crippen LogP contribution in [-0.2, 0) is 29.0 Å². The van der Waals surface area contributed by atoms with Crippen molar-refractivity contribution in [1.82, 2.24) is 30.2 Å². The fraction of sp³-hybridized carbons (Fsp3) is 0.556. The molecule has 29 heavy (non-hydrogen) atoms. The number of carbonyl (C=O) groups excluding carboxylic acids is 2. The molecule has 11 heteroatoms. The summed E-state index contributed by atoms with van der Waals surface area (Å²) in [5.74, 6) is -0.307.